The van der Waals surface area contributed by atoms with Crippen LogP contribution >= 0.6 is 0 Å². The highest BCUT2D eigenvalue weighted by atomic mass is 16.3. The van der Waals surface area contributed by atoms with E-state index in [9.17, 15) is 5.11 Å². The molecule has 0 unspecified atom stereocenters. The van der Waals surface area contributed by atoms with Gasteiger partial charge in [0.05, 0.1) is 17.4 Å². The Labute approximate surface area is 162 Å². The quantitative estimate of drug-likeness (QED) is 0.314. The van der Waals surface area contributed by atoms with E-state index in [1.807, 2.05) is 72.8 Å². The first kappa shape index (κ1) is 17.4. The van der Waals surface area contributed by atoms with Gasteiger partial charge in [-0.25, -0.2) is 9.98 Å². The van der Waals surface area contributed by atoms with Gasteiger partial charge in [0, 0.05) is 5.39 Å². The third kappa shape index (κ3) is 4.22. The number of hydrogen-bond donors (Lipinski definition) is 2. The second kappa shape index (κ2) is 8.14. The van der Waals surface area contributed by atoms with Crippen molar-refractivity contribution in [1.82, 2.24) is 10.4 Å². The number of benzene rings is 3. The van der Waals surface area contributed by atoms with E-state index in [2.05, 4.69) is 15.5 Å². The van der Waals surface area contributed by atoms with Crippen molar-refractivity contribution in [2.24, 2.45) is 10.1 Å². The molecule has 0 spiro atoms. The van der Waals surface area contributed by atoms with E-state index in [-0.39, 0.29) is 5.75 Å². The summed E-state index contributed by atoms with van der Waals surface area (Å²) in [6.07, 6.45) is 1.63. The van der Waals surface area contributed by atoms with E-state index in [0.29, 0.717) is 11.5 Å². The zero-order valence-corrected chi connectivity index (χ0v) is 15.0. The average molecular weight is 366 g/mol. The standard InChI is InChI=1S/C23H18N4O/c28-20-11-6-7-17(15-20)16-24-27-23(25-19-9-2-1-3-10-19)22-14-13-18-8-4-5-12-21(18)26-22/h1-16,28H,(H,25,27)/b24-16-. The van der Waals surface area contributed by atoms with Gasteiger partial charge in [-0.2, -0.15) is 5.10 Å². The normalized spacial score (nSPS) is 11.8. The summed E-state index contributed by atoms with van der Waals surface area (Å²) in [5, 5.41) is 14.9. The number of fused-ring (bicyclic) bond motifs is 1. The fraction of sp³-hybridized carbons (Fsp3) is 0. The topological polar surface area (TPSA) is 69.9 Å². The van der Waals surface area contributed by atoms with Gasteiger partial charge in [-0.15, -0.1) is 0 Å². The molecular formula is C23H18N4O. The molecule has 5 nitrogen and oxygen atoms in total. The minimum Gasteiger partial charge on any atom is -0.508 e. The van der Waals surface area contributed by atoms with Crippen LogP contribution in [0.5, 0.6) is 5.75 Å². The van der Waals surface area contributed by atoms with Gasteiger partial charge in [-0.3, -0.25) is 5.43 Å². The molecule has 1 heterocycles. The summed E-state index contributed by atoms with van der Waals surface area (Å²) in [6.45, 7) is 0. The molecule has 0 radical (unpaired) electrons. The predicted octanol–water partition coefficient (Wildman–Crippen LogP) is 4.64. The molecule has 4 aromatic rings. The van der Waals surface area contributed by atoms with Crippen LogP contribution in [0.2, 0.25) is 0 Å². The van der Waals surface area contributed by atoms with Gasteiger partial charge in [-0.05, 0) is 42.0 Å². The van der Waals surface area contributed by atoms with E-state index >= 15 is 0 Å². The monoisotopic (exact) mass is 366 g/mol. The van der Waals surface area contributed by atoms with Crippen LogP contribution in [-0.4, -0.2) is 22.1 Å². The smallest absolute Gasteiger partial charge is 0.173 e. The lowest BCUT2D eigenvalue weighted by Gasteiger charge is -2.07. The minimum absolute atomic E-state index is 0.193. The summed E-state index contributed by atoms with van der Waals surface area (Å²) in [7, 11) is 0. The molecular weight excluding hydrogens is 348 g/mol. The van der Waals surface area contributed by atoms with Crippen LogP contribution in [-0.2, 0) is 0 Å². The van der Waals surface area contributed by atoms with Gasteiger partial charge in [0.25, 0.3) is 0 Å². The average Bonchev–Trinajstić information content (AvgIpc) is 2.73. The number of aliphatic imine (C=N–C) groups is 1. The number of hydrazone groups is 1. The van der Waals surface area contributed by atoms with Crippen molar-refractivity contribution in [3.63, 3.8) is 0 Å². The van der Waals surface area contributed by atoms with Gasteiger partial charge in [-0.1, -0.05) is 54.6 Å². The summed E-state index contributed by atoms with van der Waals surface area (Å²) >= 11 is 0. The molecule has 4 rings (SSSR count). The summed E-state index contributed by atoms with van der Waals surface area (Å²) in [5.74, 6) is 0.728. The molecule has 2 N–H and O–H groups in total. The number of aromatic nitrogens is 1. The Morgan fingerprint density at radius 3 is 2.54 bits per heavy atom. The van der Waals surface area contributed by atoms with Crippen molar-refractivity contribution in [2.75, 3.05) is 0 Å². The number of pyridine rings is 1. The summed E-state index contributed by atoms with van der Waals surface area (Å²) < 4.78 is 0. The number of amidine groups is 1. The molecule has 0 atom stereocenters. The van der Waals surface area contributed by atoms with Crippen LogP contribution in [0.3, 0.4) is 0 Å². The largest absolute Gasteiger partial charge is 0.508 e. The zero-order chi connectivity index (χ0) is 19.2. The second-order valence-electron chi connectivity index (χ2n) is 6.15. The van der Waals surface area contributed by atoms with Crippen LogP contribution in [0.25, 0.3) is 10.9 Å². The molecule has 3 aromatic carbocycles. The SMILES string of the molecule is Oc1cccc(/C=N\NC(=Nc2ccccc2)c2ccc3ccccc3n2)c1. The maximum Gasteiger partial charge on any atom is 0.173 e. The van der Waals surface area contributed by atoms with Gasteiger partial charge >= 0.3 is 0 Å². The fourth-order valence-electron chi connectivity index (χ4n) is 2.74. The Hall–Kier alpha value is -3.99. The maximum atomic E-state index is 9.58. The first-order valence-corrected chi connectivity index (χ1v) is 8.86. The highest BCUT2D eigenvalue weighted by Crippen LogP contribution is 2.15. The second-order valence-corrected chi connectivity index (χ2v) is 6.15. The molecule has 28 heavy (non-hydrogen) atoms. The van der Waals surface area contributed by atoms with Crippen molar-refractivity contribution in [3.8, 4) is 5.75 Å². The fourth-order valence-corrected chi connectivity index (χ4v) is 2.74. The third-order valence-electron chi connectivity index (χ3n) is 4.09. The number of para-hydroxylation sites is 2. The molecule has 5 heteroatoms. The molecule has 0 saturated heterocycles. The predicted molar refractivity (Wildman–Crippen MR) is 113 cm³/mol. The Kier molecular flexibility index (Phi) is 5.06. The summed E-state index contributed by atoms with van der Waals surface area (Å²) in [5.41, 5.74) is 6.15. The highest BCUT2D eigenvalue weighted by Gasteiger charge is 2.06. The van der Waals surface area contributed by atoms with Gasteiger partial charge in [0.1, 0.15) is 11.4 Å². The lowest BCUT2D eigenvalue weighted by molar-refractivity contribution is 0.475. The lowest BCUT2D eigenvalue weighted by atomic mass is 10.2. The Balaban J connectivity index is 1.68. The lowest BCUT2D eigenvalue weighted by Crippen LogP contribution is -2.20. The van der Waals surface area contributed by atoms with E-state index in [1.165, 1.54) is 0 Å². The van der Waals surface area contributed by atoms with E-state index in [1.54, 1.807) is 24.4 Å². The first-order chi connectivity index (χ1) is 13.8. The van der Waals surface area contributed by atoms with Crippen LogP contribution in [0.15, 0.2) is 101 Å². The van der Waals surface area contributed by atoms with Crippen LogP contribution in [0, 0.1) is 0 Å². The third-order valence-corrected chi connectivity index (χ3v) is 4.09. The van der Waals surface area contributed by atoms with Crippen LogP contribution in [0.4, 0.5) is 5.69 Å². The number of phenols is 1. The number of phenolic OH excluding ortho intramolecular Hbond substituents is 1. The summed E-state index contributed by atoms with van der Waals surface area (Å²) in [4.78, 5) is 9.37. The number of nitrogens with one attached hydrogen (secondary N) is 1. The van der Waals surface area contributed by atoms with E-state index < -0.39 is 0 Å². The van der Waals surface area contributed by atoms with Crippen molar-refractivity contribution < 1.29 is 5.11 Å². The van der Waals surface area contributed by atoms with E-state index in [0.717, 1.165) is 22.2 Å². The number of rotatable bonds is 4. The molecule has 0 aliphatic heterocycles. The number of aromatic hydroxyl groups is 1. The molecule has 136 valence electrons. The highest BCUT2D eigenvalue weighted by molar-refractivity contribution is 6.00. The van der Waals surface area contributed by atoms with Gasteiger partial charge < -0.3 is 5.11 Å². The Morgan fingerprint density at radius 2 is 1.68 bits per heavy atom. The van der Waals surface area contributed by atoms with Crippen molar-refractivity contribution in [2.45, 2.75) is 0 Å². The molecule has 0 saturated carbocycles. The Bertz CT molecular complexity index is 1150. The van der Waals surface area contributed by atoms with Crippen LogP contribution in [0.1, 0.15) is 11.3 Å². The molecule has 0 aliphatic rings. The Morgan fingerprint density at radius 1 is 0.857 bits per heavy atom. The molecule has 0 aliphatic carbocycles. The molecule has 0 amide bonds. The zero-order valence-electron chi connectivity index (χ0n) is 15.0. The van der Waals surface area contributed by atoms with E-state index in [4.69, 9.17) is 4.98 Å². The maximum absolute atomic E-state index is 9.58. The van der Waals surface area contributed by atoms with Crippen LogP contribution < -0.4 is 5.43 Å². The minimum atomic E-state index is 0.193. The molecule has 0 fully saturated rings. The van der Waals surface area contributed by atoms with Gasteiger partial charge in [0.15, 0.2) is 5.84 Å². The number of nitrogens with zero attached hydrogens (tertiary/aromatic N) is 3. The van der Waals surface area contributed by atoms with Crippen molar-refractivity contribution in [3.05, 3.63) is 102 Å². The number of hydrogen-bond acceptors (Lipinski definition) is 4. The van der Waals surface area contributed by atoms with Gasteiger partial charge in [0.2, 0.25) is 0 Å². The first-order valence-electron chi connectivity index (χ1n) is 8.86. The van der Waals surface area contributed by atoms with Crippen molar-refractivity contribution in [1.29, 1.82) is 0 Å². The summed E-state index contributed by atoms with van der Waals surface area (Å²) in [6, 6.07) is 28.4. The molecule has 1 aromatic heterocycles. The molecule has 0 bridgehead atoms. The van der Waals surface area contributed by atoms with Crippen molar-refractivity contribution >= 4 is 28.6 Å².